The molecule has 0 saturated heterocycles. The van der Waals surface area contributed by atoms with Crippen LogP contribution in [0.25, 0.3) is 21.8 Å². The van der Waals surface area contributed by atoms with E-state index in [0.29, 0.717) is 33.3 Å². The average Bonchev–Trinajstić information content (AvgIpc) is 2.71. The first-order valence-electron chi connectivity index (χ1n) is 8.30. The Morgan fingerprint density at radius 1 is 0.741 bits per heavy atom. The highest BCUT2D eigenvalue weighted by atomic mass is 32.2. The normalized spacial score (nSPS) is 11.6. The number of benzene rings is 3. The van der Waals surface area contributed by atoms with Crippen LogP contribution in [0.3, 0.4) is 0 Å². The highest BCUT2D eigenvalue weighted by molar-refractivity contribution is 7.92. The molecule has 4 aromatic rings. The van der Waals surface area contributed by atoms with Crippen molar-refractivity contribution < 1.29 is 17.9 Å². The molecule has 0 spiro atoms. The van der Waals surface area contributed by atoms with Crippen LogP contribution in [0.1, 0.15) is 0 Å². The van der Waals surface area contributed by atoms with E-state index in [2.05, 4.69) is 4.98 Å². The van der Waals surface area contributed by atoms with E-state index in [-0.39, 0.29) is 9.79 Å². The maximum atomic E-state index is 13.6. The third-order valence-corrected chi connectivity index (χ3v) is 6.33. The molecule has 0 aliphatic carbocycles. The van der Waals surface area contributed by atoms with Crippen molar-refractivity contribution in [2.45, 2.75) is 9.79 Å². The maximum absolute atomic E-state index is 13.6. The topological polar surface area (TPSA) is 65.5 Å². The number of fused-ring (bicyclic) bond motifs is 2. The predicted molar refractivity (Wildman–Crippen MR) is 104 cm³/mol. The third kappa shape index (κ3) is 2.88. The number of pyridine rings is 1. The van der Waals surface area contributed by atoms with Crippen LogP contribution in [0.5, 0.6) is 11.5 Å². The predicted octanol–water partition coefficient (Wildman–Crippen LogP) is 4.24. The van der Waals surface area contributed by atoms with E-state index in [1.54, 1.807) is 80.9 Å². The summed E-state index contributed by atoms with van der Waals surface area (Å²) in [6, 6.07) is 18.9. The molecule has 4 rings (SSSR count). The Labute approximate surface area is 157 Å². The molecular weight excluding hydrogens is 362 g/mol. The number of nitrogens with zero attached hydrogens (tertiary/aromatic N) is 1. The zero-order valence-electron chi connectivity index (χ0n) is 14.8. The van der Waals surface area contributed by atoms with Crippen molar-refractivity contribution in [3.05, 3.63) is 66.7 Å². The van der Waals surface area contributed by atoms with Gasteiger partial charge in [-0.05, 0) is 48.5 Å². The van der Waals surface area contributed by atoms with Crippen molar-refractivity contribution in [2.75, 3.05) is 14.2 Å². The van der Waals surface area contributed by atoms with Gasteiger partial charge in [0.15, 0.2) is 0 Å². The van der Waals surface area contributed by atoms with Crippen LogP contribution >= 0.6 is 0 Å². The first-order chi connectivity index (χ1) is 13.0. The van der Waals surface area contributed by atoms with Crippen molar-refractivity contribution in [3.8, 4) is 11.5 Å². The second-order valence-electron chi connectivity index (χ2n) is 6.02. The molecular formula is C21H17NO4S. The highest BCUT2D eigenvalue weighted by Gasteiger charge is 2.25. The third-order valence-electron chi connectivity index (χ3n) is 4.46. The Morgan fingerprint density at radius 3 is 1.74 bits per heavy atom. The minimum absolute atomic E-state index is 0.200. The average molecular weight is 379 g/mol. The van der Waals surface area contributed by atoms with Crippen LogP contribution in [0.2, 0.25) is 0 Å². The van der Waals surface area contributed by atoms with E-state index in [1.807, 2.05) is 0 Å². The van der Waals surface area contributed by atoms with Gasteiger partial charge < -0.3 is 9.47 Å². The minimum Gasteiger partial charge on any atom is -0.497 e. The summed E-state index contributed by atoms with van der Waals surface area (Å²) in [7, 11) is -0.702. The van der Waals surface area contributed by atoms with Gasteiger partial charge in [-0.25, -0.2) is 13.4 Å². The van der Waals surface area contributed by atoms with Gasteiger partial charge in [0.05, 0.1) is 35.0 Å². The number of hydrogen-bond donors (Lipinski definition) is 0. The lowest BCUT2D eigenvalue weighted by Gasteiger charge is -2.13. The van der Waals surface area contributed by atoms with Crippen molar-refractivity contribution in [1.82, 2.24) is 4.98 Å². The quantitative estimate of drug-likeness (QED) is 0.496. The molecule has 6 heteroatoms. The second-order valence-corrected chi connectivity index (χ2v) is 7.91. The van der Waals surface area contributed by atoms with E-state index >= 15 is 0 Å². The smallest absolute Gasteiger partial charge is 0.207 e. The van der Waals surface area contributed by atoms with E-state index in [0.717, 1.165) is 0 Å². The van der Waals surface area contributed by atoms with Gasteiger partial charge in [-0.1, -0.05) is 18.2 Å². The molecule has 0 N–H and O–H groups in total. The first-order valence-corrected chi connectivity index (χ1v) is 9.78. The Balaban J connectivity index is 2.19. The molecule has 0 bridgehead atoms. The minimum atomic E-state index is -3.79. The van der Waals surface area contributed by atoms with Crippen molar-refractivity contribution >= 4 is 31.6 Å². The SMILES string of the molecule is COc1ccc2nc3ccc(OC)cc3c(S(=O)(=O)c3ccccc3)c2c1. The van der Waals surface area contributed by atoms with E-state index in [9.17, 15) is 8.42 Å². The molecule has 0 atom stereocenters. The molecule has 1 heterocycles. The Kier molecular flexibility index (Phi) is 4.20. The number of rotatable bonds is 4. The van der Waals surface area contributed by atoms with E-state index < -0.39 is 9.84 Å². The summed E-state index contributed by atoms with van der Waals surface area (Å²) in [6.45, 7) is 0. The number of ether oxygens (including phenoxy) is 2. The fourth-order valence-electron chi connectivity index (χ4n) is 3.12. The molecule has 0 unspecified atom stereocenters. The largest absolute Gasteiger partial charge is 0.497 e. The first kappa shape index (κ1) is 17.3. The molecule has 27 heavy (non-hydrogen) atoms. The van der Waals surface area contributed by atoms with Crippen molar-refractivity contribution in [1.29, 1.82) is 0 Å². The Morgan fingerprint density at radius 2 is 1.26 bits per heavy atom. The Hall–Kier alpha value is -3.12. The zero-order valence-corrected chi connectivity index (χ0v) is 15.7. The summed E-state index contributed by atoms with van der Waals surface area (Å²) in [5.41, 5.74) is 1.17. The van der Waals surface area contributed by atoms with Crippen LogP contribution in [-0.2, 0) is 9.84 Å². The zero-order chi connectivity index (χ0) is 19.0. The van der Waals surface area contributed by atoms with Gasteiger partial charge in [0.25, 0.3) is 0 Å². The van der Waals surface area contributed by atoms with Gasteiger partial charge in [0, 0.05) is 10.8 Å². The standard InChI is InChI=1S/C21H17NO4S/c1-25-14-8-10-19-17(12-14)21(27(23,24)16-6-4-3-5-7-16)18-13-15(26-2)9-11-20(18)22-19/h3-13H,1-2H3. The number of methoxy groups -OCH3 is 2. The number of hydrogen-bond acceptors (Lipinski definition) is 5. The lowest BCUT2D eigenvalue weighted by atomic mass is 10.1. The summed E-state index contributed by atoms with van der Waals surface area (Å²) in [5.74, 6) is 1.13. The molecule has 0 saturated carbocycles. The molecule has 0 fully saturated rings. The van der Waals surface area contributed by atoms with Crippen LogP contribution in [0.4, 0.5) is 0 Å². The fraction of sp³-hybridized carbons (Fsp3) is 0.0952. The molecule has 0 aliphatic heterocycles. The molecule has 5 nitrogen and oxygen atoms in total. The van der Waals surface area contributed by atoms with Gasteiger partial charge in [-0.15, -0.1) is 0 Å². The summed E-state index contributed by atoms with van der Waals surface area (Å²) >= 11 is 0. The molecule has 1 aromatic heterocycles. The molecule has 3 aromatic carbocycles. The molecule has 0 radical (unpaired) electrons. The van der Waals surface area contributed by atoms with Crippen molar-refractivity contribution in [3.63, 3.8) is 0 Å². The van der Waals surface area contributed by atoms with Crippen LogP contribution in [-0.4, -0.2) is 27.6 Å². The fourth-order valence-corrected chi connectivity index (χ4v) is 4.78. The highest BCUT2D eigenvalue weighted by Crippen LogP contribution is 2.36. The molecule has 0 amide bonds. The van der Waals surface area contributed by atoms with Gasteiger partial charge in [-0.3, -0.25) is 0 Å². The summed E-state index contributed by atoms with van der Waals surface area (Å²) in [6.07, 6.45) is 0. The summed E-state index contributed by atoms with van der Waals surface area (Å²) < 4.78 is 37.7. The second kappa shape index (κ2) is 6.55. The van der Waals surface area contributed by atoms with Crippen LogP contribution < -0.4 is 9.47 Å². The van der Waals surface area contributed by atoms with Gasteiger partial charge in [0.2, 0.25) is 9.84 Å². The van der Waals surface area contributed by atoms with Gasteiger partial charge in [0.1, 0.15) is 11.5 Å². The van der Waals surface area contributed by atoms with E-state index in [4.69, 9.17) is 9.47 Å². The Bertz CT molecular complexity index is 1190. The maximum Gasteiger partial charge on any atom is 0.207 e. The number of sulfone groups is 1. The van der Waals surface area contributed by atoms with Crippen molar-refractivity contribution in [2.24, 2.45) is 0 Å². The monoisotopic (exact) mass is 379 g/mol. The van der Waals surface area contributed by atoms with Crippen LogP contribution in [0.15, 0.2) is 76.5 Å². The van der Waals surface area contributed by atoms with Gasteiger partial charge in [-0.2, -0.15) is 0 Å². The number of aromatic nitrogens is 1. The summed E-state index contributed by atoms with van der Waals surface area (Å²) in [4.78, 5) is 5.05. The molecule has 136 valence electrons. The lowest BCUT2D eigenvalue weighted by molar-refractivity contribution is 0.415. The summed E-state index contributed by atoms with van der Waals surface area (Å²) in [5, 5.41) is 1.03. The van der Waals surface area contributed by atoms with E-state index in [1.165, 1.54) is 0 Å². The van der Waals surface area contributed by atoms with Crippen LogP contribution in [0, 0.1) is 0 Å². The molecule has 0 aliphatic rings. The van der Waals surface area contributed by atoms with Gasteiger partial charge >= 0.3 is 0 Å². The lowest BCUT2D eigenvalue weighted by Crippen LogP contribution is -2.05.